The lowest BCUT2D eigenvalue weighted by Gasteiger charge is -2.29. The Morgan fingerprint density at radius 3 is 2.41 bits per heavy atom. The highest BCUT2D eigenvalue weighted by Crippen LogP contribution is 2.31. The van der Waals surface area contributed by atoms with Crippen LogP contribution in [0.15, 0.2) is 47.6 Å². The zero-order valence-corrected chi connectivity index (χ0v) is 19.3. The van der Waals surface area contributed by atoms with E-state index in [-0.39, 0.29) is 23.7 Å². The van der Waals surface area contributed by atoms with Crippen LogP contribution in [-0.4, -0.2) is 36.8 Å². The van der Waals surface area contributed by atoms with Crippen LogP contribution in [-0.2, 0) is 16.1 Å². The zero-order valence-electron chi connectivity index (χ0n) is 19.3. The highest BCUT2D eigenvalue weighted by molar-refractivity contribution is 6.06. The average molecular weight is 438 g/mol. The molecule has 2 aromatic rings. The van der Waals surface area contributed by atoms with Crippen LogP contribution in [0.3, 0.4) is 0 Å². The summed E-state index contributed by atoms with van der Waals surface area (Å²) < 4.78 is 10.8. The molecule has 32 heavy (non-hydrogen) atoms. The average Bonchev–Trinajstić information content (AvgIpc) is 2.80. The Morgan fingerprint density at radius 2 is 1.81 bits per heavy atom. The first-order chi connectivity index (χ1) is 15.4. The Hall–Kier alpha value is -3.35. The molecule has 1 N–H and O–H groups in total. The van der Waals surface area contributed by atoms with Crippen molar-refractivity contribution in [3.8, 4) is 11.5 Å². The molecule has 0 saturated carbocycles. The van der Waals surface area contributed by atoms with Crippen LogP contribution in [0.5, 0.6) is 11.5 Å². The maximum atomic E-state index is 12.8. The number of methoxy groups -OCH3 is 2. The van der Waals surface area contributed by atoms with Gasteiger partial charge < -0.3 is 14.8 Å². The predicted octanol–water partition coefficient (Wildman–Crippen LogP) is 4.46. The Kier molecular flexibility index (Phi) is 7.51. The third kappa shape index (κ3) is 5.28. The topological polar surface area (TPSA) is 80.2 Å². The molecule has 0 aliphatic carbocycles. The Morgan fingerprint density at radius 1 is 1.12 bits per heavy atom. The summed E-state index contributed by atoms with van der Waals surface area (Å²) in [4.78, 5) is 24.6. The Bertz CT molecular complexity index is 999. The number of carbonyl (C=O) groups is 2. The number of nitrogens with one attached hydrogen (secondary N) is 1. The minimum absolute atomic E-state index is 0.00161. The van der Waals surface area contributed by atoms with Gasteiger partial charge in [-0.05, 0) is 42.3 Å². The number of rotatable bonds is 8. The molecule has 0 fully saturated rings. The van der Waals surface area contributed by atoms with Gasteiger partial charge in [0.25, 0.3) is 0 Å². The van der Waals surface area contributed by atoms with Crippen molar-refractivity contribution in [1.29, 1.82) is 0 Å². The number of benzene rings is 2. The monoisotopic (exact) mass is 437 g/mol. The summed E-state index contributed by atoms with van der Waals surface area (Å²) in [6.07, 6.45) is 1.23. The predicted molar refractivity (Wildman–Crippen MR) is 125 cm³/mol. The third-order valence-electron chi connectivity index (χ3n) is 5.57. The van der Waals surface area contributed by atoms with Crippen LogP contribution in [0.1, 0.15) is 44.7 Å². The van der Waals surface area contributed by atoms with Gasteiger partial charge in [-0.1, -0.05) is 32.9 Å². The summed E-state index contributed by atoms with van der Waals surface area (Å²) in [6.45, 7) is 6.13. The highest BCUT2D eigenvalue weighted by atomic mass is 16.5. The quantitative estimate of drug-likeness (QED) is 0.661. The first-order valence-corrected chi connectivity index (χ1v) is 10.9. The van der Waals surface area contributed by atoms with Gasteiger partial charge in [-0.3, -0.25) is 9.59 Å². The van der Waals surface area contributed by atoms with Gasteiger partial charge in [-0.25, -0.2) is 5.01 Å². The molecule has 7 nitrogen and oxygen atoms in total. The van der Waals surface area contributed by atoms with Gasteiger partial charge in [-0.2, -0.15) is 5.10 Å². The second-order valence-corrected chi connectivity index (χ2v) is 8.16. The van der Waals surface area contributed by atoms with Gasteiger partial charge in [0.05, 0.1) is 26.5 Å². The fraction of sp³-hybridized carbons (Fsp3) is 0.400. The summed E-state index contributed by atoms with van der Waals surface area (Å²) in [7, 11) is 3.20. The van der Waals surface area contributed by atoms with Crippen molar-refractivity contribution in [3.63, 3.8) is 0 Å². The standard InChI is InChI=1S/C25H31N3O4/c1-6-18-14-23(29)28(15-17-7-10-20(11-8-17)26-25(30)16(2)3)27-24(18)19-9-12-21(31-4)22(13-19)32-5/h7-13,16,18H,6,14-15H2,1-5H3,(H,26,30). The molecule has 1 aliphatic rings. The largest absolute Gasteiger partial charge is 0.493 e. The van der Waals surface area contributed by atoms with E-state index in [9.17, 15) is 9.59 Å². The van der Waals surface area contributed by atoms with E-state index < -0.39 is 0 Å². The van der Waals surface area contributed by atoms with Crippen molar-refractivity contribution < 1.29 is 19.1 Å². The van der Waals surface area contributed by atoms with Gasteiger partial charge >= 0.3 is 0 Å². The van der Waals surface area contributed by atoms with Crippen molar-refractivity contribution in [3.05, 3.63) is 53.6 Å². The molecule has 0 saturated heterocycles. The molecular formula is C25H31N3O4. The fourth-order valence-electron chi connectivity index (χ4n) is 3.58. The fourth-order valence-corrected chi connectivity index (χ4v) is 3.58. The van der Waals surface area contributed by atoms with E-state index in [4.69, 9.17) is 14.6 Å². The third-order valence-corrected chi connectivity index (χ3v) is 5.57. The van der Waals surface area contributed by atoms with E-state index >= 15 is 0 Å². The molecule has 2 aromatic carbocycles. The minimum Gasteiger partial charge on any atom is -0.493 e. The minimum atomic E-state index is -0.0866. The van der Waals surface area contributed by atoms with Crippen LogP contribution in [0.25, 0.3) is 0 Å². The van der Waals surface area contributed by atoms with E-state index in [0.717, 1.165) is 28.9 Å². The lowest BCUT2D eigenvalue weighted by atomic mass is 9.89. The number of ether oxygens (including phenoxy) is 2. The number of anilines is 1. The molecule has 7 heteroatoms. The van der Waals surface area contributed by atoms with Gasteiger partial charge in [0.15, 0.2) is 11.5 Å². The van der Waals surface area contributed by atoms with Crippen LogP contribution in [0.4, 0.5) is 5.69 Å². The molecule has 2 amide bonds. The molecule has 1 aliphatic heterocycles. The summed E-state index contributed by atoms with van der Waals surface area (Å²) in [5.74, 6) is 1.21. The number of hydrogen-bond donors (Lipinski definition) is 1. The lowest BCUT2D eigenvalue weighted by Crippen LogP contribution is -2.36. The second kappa shape index (κ2) is 10.3. The Balaban J connectivity index is 1.83. The number of carbonyl (C=O) groups excluding carboxylic acids is 2. The second-order valence-electron chi connectivity index (χ2n) is 8.16. The molecular weight excluding hydrogens is 406 g/mol. The normalized spacial score (nSPS) is 16.1. The SMILES string of the molecule is CCC1CC(=O)N(Cc2ccc(NC(=O)C(C)C)cc2)N=C1c1ccc(OC)c(OC)c1. The van der Waals surface area contributed by atoms with Crippen molar-refractivity contribution in [2.24, 2.45) is 16.9 Å². The van der Waals surface area contributed by atoms with E-state index in [2.05, 4.69) is 12.2 Å². The molecule has 3 rings (SSSR count). The summed E-state index contributed by atoms with van der Waals surface area (Å²) >= 11 is 0. The molecule has 1 heterocycles. The van der Waals surface area contributed by atoms with Crippen molar-refractivity contribution >= 4 is 23.2 Å². The first-order valence-electron chi connectivity index (χ1n) is 10.9. The Labute approximate surface area is 189 Å². The number of hydrazone groups is 1. The van der Waals surface area contributed by atoms with E-state index in [0.29, 0.717) is 24.5 Å². The first kappa shape index (κ1) is 23.3. The maximum absolute atomic E-state index is 12.8. The van der Waals surface area contributed by atoms with Crippen LogP contribution >= 0.6 is 0 Å². The molecule has 1 atom stereocenters. The van der Waals surface area contributed by atoms with Crippen molar-refractivity contribution in [2.45, 2.75) is 40.2 Å². The molecule has 0 spiro atoms. The van der Waals surface area contributed by atoms with Gasteiger partial charge in [0, 0.05) is 29.5 Å². The number of amides is 2. The summed E-state index contributed by atoms with van der Waals surface area (Å²) in [5.41, 5.74) is 3.46. The number of hydrogen-bond acceptors (Lipinski definition) is 5. The number of nitrogens with zero attached hydrogens (tertiary/aromatic N) is 2. The smallest absolute Gasteiger partial charge is 0.243 e. The van der Waals surface area contributed by atoms with E-state index in [1.807, 2.05) is 56.3 Å². The molecule has 0 bridgehead atoms. The van der Waals surface area contributed by atoms with Crippen LogP contribution in [0.2, 0.25) is 0 Å². The maximum Gasteiger partial charge on any atom is 0.243 e. The molecule has 0 aromatic heterocycles. The summed E-state index contributed by atoms with van der Waals surface area (Å²) in [6, 6.07) is 13.2. The molecule has 0 radical (unpaired) electrons. The van der Waals surface area contributed by atoms with Gasteiger partial charge in [0.2, 0.25) is 11.8 Å². The van der Waals surface area contributed by atoms with Crippen molar-refractivity contribution in [1.82, 2.24) is 5.01 Å². The lowest BCUT2D eigenvalue weighted by molar-refractivity contribution is -0.133. The highest BCUT2D eigenvalue weighted by Gasteiger charge is 2.29. The van der Waals surface area contributed by atoms with Gasteiger partial charge in [0.1, 0.15) is 0 Å². The zero-order chi connectivity index (χ0) is 23.3. The van der Waals surface area contributed by atoms with Crippen molar-refractivity contribution in [2.75, 3.05) is 19.5 Å². The molecule has 1 unspecified atom stereocenters. The summed E-state index contributed by atoms with van der Waals surface area (Å²) in [5, 5.41) is 9.14. The van der Waals surface area contributed by atoms with Crippen LogP contribution < -0.4 is 14.8 Å². The van der Waals surface area contributed by atoms with Crippen LogP contribution in [0, 0.1) is 11.8 Å². The molecule has 170 valence electrons. The van der Waals surface area contributed by atoms with Gasteiger partial charge in [-0.15, -0.1) is 0 Å². The van der Waals surface area contributed by atoms with E-state index in [1.165, 1.54) is 5.01 Å². The van der Waals surface area contributed by atoms with E-state index in [1.54, 1.807) is 14.2 Å².